The average Bonchev–Trinajstić information content (AvgIpc) is 2.90. The van der Waals surface area contributed by atoms with Gasteiger partial charge in [0.05, 0.1) is 16.9 Å². The van der Waals surface area contributed by atoms with E-state index in [2.05, 4.69) is 69.1 Å². The highest BCUT2D eigenvalue weighted by atomic mass is 16.7. The Balaban J connectivity index is 1.80. The first-order valence-corrected chi connectivity index (χ1v) is 9.65. The first-order chi connectivity index (χ1) is 12.9. The predicted molar refractivity (Wildman–Crippen MR) is 112 cm³/mol. The molecule has 2 aromatic rings. The van der Waals surface area contributed by atoms with Gasteiger partial charge in [-0.25, -0.2) is 0 Å². The molecule has 27 heavy (non-hydrogen) atoms. The molecule has 0 bridgehead atoms. The second-order valence-corrected chi connectivity index (χ2v) is 8.29. The van der Waals surface area contributed by atoms with Crippen LogP contribution in [-0.4, -0.2) is 23.3 Å². The maximum absolute atomic E-state index is 6.30. The molecule has 1 aromatic carbocycles. The summed E-state index contributed by atoms with van der Waals surface area (Å²) in [5.41, 5.74) is 4.78. The van der Waals surface area contributed by atoms with E-state index in [4.69, 9.17) is 9.31 Å². The van der Waals surface area contributed by atoms with Crippen molar-refractivity contribution in [1.29, 1.82) is 0 Å². The van der Waals surface area contributed by atoms with Gasteiger partial charge in [-0.2, -0.15) is 0 Å². The molecule has 1 saturated heterocycles. The third kappa shape index (κ3) is 3.52. The minimum absolute atomic E-state index is 0.358. The van der Waals surface area contributed by atoms with Crippen LogP contribution in [-0.2, 0) is 9.31 Å². The molecule has 2 aliphatic rings. The lowest BCUT2D eigenvalue weighted by Gasteiger charge is -2.32. The number of nitrogens with zero attached hydrogens (tertiary/aromatic N) is 1. The van der Waals surface area contributed by atoms with Crippen molar-refractivity contribution in [3.63, 3.8) is 0 Å². The molecule has 0 N–H and O–H groups in total. The lowest BCUT2D eigenvalue weighted by atomic mass is 9.76. The number of benzene rings is 1. The monoisotopic (exact) mass is 359 g/mol. The molecule has 1 aromatic heterocycles. The second kappa shape index (κ2) is 6.77. The fourth-order valence-electron chi connectivity index (χ4n) is 3.44. The normalized spacial score (nSPS) is 20.6. The third-order valence-corrected chi connectivity index (χ3v) is 5.77. The van der Waals surface area contributed by atoms with E-state index < -0.39 is 0 Å². The number of rotatable bonds is 3. The molecule has 1 aliphatic heterocycles. The molecular formula is C23H26BNO2. The van der Waals surface area contributed by atoms with Crippen LogP contribution in [0, 0.1) is 0 Å². The zero-order chi connectivity index (χ0) is 19.1. The summed E-state index contributed by atoms with van der Waals surface area (Å²) in [6.45, 7) is 8.34. The summed E-state index contributed by atoms with van der Waals surface area (Å²) in [5, 5.41) is 0. The van der Waals surface area contributed by atoms with Crippen molar-refractivity contribution in [2.24, 2.45) is 0 Å². The molecule has 0 unspecified atom stereocenters. The smallest absolute Gasteiger partial charge is 0.399 e. The minimum Gasteiger partial charge on any atom is -0.399 e. The molecule has 4 heteroatoms. The summed E-state index contributed by atoms with van der Waals surface area (Å²) < 4.78 is 12.6. The summed E-state index contributed by atoms with van der Waals surface area (Å²) in [5.74, 6) is 0. The molecule has 0 amide bonds. The standard InChI is InChI=1S/C23H26BNO2/c1-22(2)23(3,4)27-24(26-22)20-15-18(17-10-6-5-7-11-17)14-19(16-20)21-12-8-9-13-25-21/h6,8-16H,5,7H2,1-4H3. The van der Waals surface area contributed by atoms with Crippen LogP contribution in [0.4, 0.5) is 0 Å². The quantitative estimate of drug-likeness (QED) is 0.739. The Kier molecular flexibility index (Phi) is 4.57. The first-order valence-electron chi connectivity index (χ1n) is 9.65. The van der Waals surface area contributed by atoms with E-state index in [9.17, 15) is 0 Å². The predicted octanol–water partition coefficient (Wildman–Crippen LogP) is 4.78. The summed E-state index contributed by atoms with van der Waals surface area (Å²) in [4.78, 5) is 4.54. The molecular weight excluding hydrogens is 333 g/mol. The number of hydrogen-bond acceptors (Lipinski definition) is 3. The zero-order valence-corrected chi connectivity index (χ0v) is 16.5. The summed E-state index contributed by atoms with van der Waals surface area (Å²) >= 11 is 0. The van der Waals surface area contributed by atoms with Gasteiger partial charge in [-0.1, -0.05) is 36.4 Å². The van der Waals surface area contributed by atoms with E-state index in [1.165, 1.54) is 11.1 Å². The van der Waals surface area contributed by atoms with Gasteiger partial charge in [0.1, 0.15) is 0 Å². The molecule has 0 atom stereocenters. The maximum Gasteiger partial charge on any atom is 0.494 e. The number of hydrogen-bond donors (Lipinski definition) is 0. The van der Waals surface area contributed by atoms with E-state index in [1.807, 2.05) is 24.4 Å². The van der Waals surface area contributed by atoms with Gasteiger partial charge in [0.2, 0.25) is 0 Å². The van der Waals surface area contributed by atoms with Gasteiger partial charge in [-0.05, 0) is 75.3 Å². The van der Waals surface area contributed by atoms with Crippen LogP contribution < -0.4 is 5.46 Å². The molecule has 0 spiro atoms. The Morgan fingerprint density at radius 1 is 0.926 bits per heavy atom. The minimum atomic E-state index is -0.384. The van der Waals surface area contributed by atoms with Crippen LogP contribution in [0.1, 0.15) is 46.1 Å². The van der Waals surface area contributed by atoms with Crippen molar-refractivity contribution in [3.05, 3.63) is 66.4 Å². The molecule has 3 nitrogen and oxygen atoms in total. The Morgan fingerprint density at radius 3 is 2.30 bits per heavy atom. The first kappa shape index (κ1) is 18.2. The number of allylic oxidation sites excluding steroid dienone is 4. The summed E-state index contributed by atoms with van der Waals surface area (Å²) in [7, 11) is -0.384. The molecule has 138 valence electrons. The van der Waals surface area contributed by atoms with E-state index in [0.717, 1.165) is 29.6 Å². The second-order valence-electron chi connectivity index (χ2n) is 8.29. The maximum atomic E-state index is 6.30. The van der Waals surface area contributed by atoms with Crippen molar-refractivity contribution in [2.45, 2.75) is 51.7 Å². The van der Waals surface area contributed by atoms with Crippen LogP contribution in [0.2, 0.25) is 0 Å². The molecule has 1 aliphatic carbocycles. The highest BCUT2D eigenvalue weighted by Gasteiger charge is 2.51. The average molecular weight is 359 g/mol. The fraction of sp³-hybridized carbons (Fsp3) is 0.348. The molecule has 1 fully saturated rings. The van der Waals surface area contributed by atoms with Crippen molar-refractivity contribution in [2.75, 3.05) is 0 Å². The zero-order valence-electron chi connectivity index (χ0n) is 16.5. The fourth-order valence-corrected chi connectivity index (χ4v) is 3.44. The molecule has 4 rings (SSSR count). The van der Waals surface area contributed by atoms with Crippen LogP contribution in [0.3, 0.4) is 0 Å². The Bertz CT molecular complexity index is 884. The lowest BCUT2D eigenvalue weighted by Crippen LogP contribution is -2.41. The van der Waals surface area contributed by atoms with Gasteiger partial charge in [-0.3, -0.25) is 4.98 Å². The summed E-state index contributed by atoms with van der Waals surface area (Å²) in [6.07, 6.45) is 10.7. The van der Waals surface area contributed by atoms with Crippen LogP contribution >= 0.6 is 0 Å². The number of aromatic nitrogens is 1. The summed E-state index contributed by atoms with van der Waals surface area (Å²) in [6, 6.07) is 12.5. The van der Waals surface area contributed by atoms with E-state index in [1.54, 1.807) is 0 Å². The molecule has 2 heterocycles. The Morgan fingerprint density at radius 2 is 1.67 bits per heavy atom. The van der Waals surface area contributed by atoms with Crippen molar-refractivity contribution < 1.29 is 9.31 Å². The van der Waals surface area contributed by atoms with Crippen LogP contribution in [0.5, 0.6) is 0 Å². The Hall–Kier alpha value is -2.17. The highest BCUT2D eigenvalue weighted by molar-refractivity contribution is 6.62. The van der Waals surface area contributed by atoms with Gasteiger partial charge < -0.3 is 9.31 Å². The topological polar surface area (TPSA) is 31.4 Å². The number of pyridine rings is 1. The van der Waals surface area contributed by atoms with Gasteiger partial charge in [0.15, 0.2) is 0 Å². The van der Waals surface area contributed by atoms with Gasteiger partial charge in [-0.15, -0.1) is 0 Å². The van der Waals surface area contributed by atoms with E-state index in [0.29, 0.717) is 0 Å². The Labute approximate surface area is 162 Å². The highest BCUT2D eigenvalue weighted by Crippen LogP contribution is 2.37. The molecule has 0 saturated carbocycles. The van der Waals surface area contributed by atoms with Crippen LogP contribution in [0.25, 0.3) is 16.8 Å². The van der Waals surface area contributed by atoms with E-state index >= 15 is 0 Å². The third-order valence-electron chi connectivity index (χ3n) is 5.77. The SMILES string of the molecule is CC1(C)OB(c2cc(C3=CCCC=C3)cc(-c3ccccn3)c2)OC1(C)C. The van der Waals surface area contributed by atoms with Crippen molar-refractivity contribution in [3.8, 4) is 11.3 Å². The van der Waals surface area contributed by atoms with Crippen molar-refractivity contribution in [1.82, 2.24) is 4.98 Å². The van der Waals surface area contributed by atoms with Gasteiger partial charge in [0, 0.05) is 11.8 Å². The lowest BCUT2D eigenvalue weighted by molar-refractivity contribution is 0.00578. The largest absolute Gasteiger partial charge is 0.494 e. The molecule has 0 radical (unpaired) electrons. The van der Waals surface area contributed by atoms with E-state index in [-0.39, 0.29) is 18.3 Å². The van der Waals surface area contributed by atoms with Gasteiger partial charge >= 0.3 is 7.12 Å². The van der Waals surface area contributed by atoms with Crippen molar-refractivity contribution >= 4 is 18.2 Å². The van der Waals surface area contributed by atoms with Gasteiger partial charge in [0.25, 0.3) is 0 Å². The van der Waals surface area contributed by atoms with Crippen LogP contribution in [0.15, 0.2) is 60.8 Å².